The normalized spacial score (nSPS) is 11.8. The largest absolute Gasteiger partial charge is 0.496 e. The van der Waals surface area contributed by atoms with E-state index in [2.05, 4.69) is 28.2 Å². The Kier molecular flexibility index (Phi) is 4.45. The number of pyridine rings is 1. The van der Waals surface area contributed by atoms with Gasteiger partial charge >= 0.3 is 0 Å². The SMILES string of the molecule is COc1ccccc1C(C)Nc1cnccc1N(C)C. The van der Waals surface area contributed by atoms with Crippen LogP contribution in [0.15, 0.2) is 42.7 Å². The van der Waals surface area contributed by atoms with Gasteiger partial charge in [-0.25, -0.2) is 0 Å². The fraction of sp³-hybridized carbons (Fsp3) is 0.312. The number of methoxy groups -OCH3 is 1. The van der Waals surface area contributed by atoms with Gasteiger partial charge in [0.25, 0.3) is 0 Å². The van der Waals surface area contributed by atoms with Gasteiger partial charge in [0.1, 0.15) is 5.75 Å². The first-order valence-electron chi connectivity index (χ1n) is 6.64. The van der Waals surface area contributed by atoms with Gasteiger partial charge in [0.15, 0.2) is 0 Å². The van der Waals surface area contributed by atoms with E-state index in [1.54, 1.807) is 13.3 Å². The lowest BCUT2D eigenvalue weighted by molar-refractivity contribution is 0.408. The smallest absolute Gasteiger partial charge is 0.124 e. The number of anilines is 2. The van der Waals surface area contributed by atoms with Crippen LogP contribution in [0.1, 0.15) is 18.5 Å². The van der Waals surface area contributed by atoms with Crippen LogP contribution in [0.2, 0.25) is 0 Å². The fourth-order valence-corrected chi connectivity index (χ4v) is 2.22. The van der Waals surface area contributed by atoms with Crippen LogP contribution < -0.4 is 15.0 Å². The molecule has 0 radical (unpaired) electrons. The van der Waals surface area contributed by atoms with Gasteiger partial charge in [-0.1, -0.05) is 18.2 Å². The maximum atomic E-state index is 5.42. The summed E-state index contributed by atoms with van der Waals surface area (Å²) < 4.78 is 5.42. The first kappa shape index (κ1) is 14.2. The number of para-hydroxylation sites is 1. The molecule has 0 amide bonds. The third-order valence-corrected chi connectivity index (χ3v) is 3.26. The molecule has 4 nitrogen and oxygen atoms in total. The van der Waals surface area contributed by atoms with Crippen LogP contribution in [-0.4, -0.2) is 26.2 Å². The van der Waals surface area contributed by atoms with E-state index in [9.17, 15) is 0 Å². The Labute approximate surface area is 120 Å². The molecule has 0 saturated carbocycles. The summed E-state index contributed by atoms with van der Waals surface area (Å²) in [6, 6.07) is 10.2. The Balaban J connectivity index is 2.26. The summed E-state index contributed by atoms with van der Waals surface area (Å²) in [5, 5.41) is 3.50. The minimum absolute atomic E-state index is 0.133. The summed E-state index contributed by atoms with van der Waals surface area (Å²) in [5.74, 6) is 0.891. The van der Waals surface area contributed by atoms with Gasteiger partial charge in [0.2, 0.25) is 0 Å². The molecular weight excluding hydrogens is 250 g/mol. The van der Waals surface area contributed by atoms with Crippen LogP contribution >= 0.6 is 0 Å². The minimum Gasteiger partial charge on any atom is -0.496 e. The molecule has 1 N–H and O–H groups in total. The van der Waals surface area contributed by atoms with E-state index in [1.165, 1.54) is 0 Å². The Bertz CT molecular complexity index is 569. The molecule has 0 aliphatic rings. The summed E-state index contributed by atoms with van der Waals surface area (Å²) >= 11 is 0. The van der Waals surface area contributed by atoms with Crippen LogP contribution in [0.4, 0.5) is 11.4 Å². The fourth-order valence-electron chi connectivity index (χ4n) is 2.22. The number of hydrogen-bond donors (Lipinski definition) is 1. The Morgan fingerprint density at radius 3 is 2.65 bits per heavy atom. The zero-order valence-corrected chi connectivity index (χ0v) is 12.4. The number of hydrogen-bond acceptors (Lipinski definition) is 4. The van der Waals surface area contributed by atoms with Crippen molar-refractivity contribution in [3.63, 3.8) is 0 Å². The molecule has 106 valence electrons. The summed E-state index contributed by atoms with van der Waals surface area (Å²) in [4.78, 5) is 6.27. The molecule has 0 aliphatic carbocycles. The summed E-state index contributed by atoms with van der Waals surface area (Å²) in [6.45, 7) is 2.12. The number of nitrogens with one attached hydrogen (secondary N) is 1. The van der Waals surface area contributed by atoms with Crippen molar-refractivity contribution in [1.29, 1.82) is 0 Å². The predicted octanol–water partition coefficient (Wildman–Crippen LogP) is 3.33. The Hall–Kier alpha value is -2.23. The standard InChI is InChI=1S/C16H21N3O/c1-12(13-7-5-6-8-16(13)20-4)18-14-11-17-10-9-15(14)19(2)3/h5-12,18H,1-4H3. The molecule has 0 fully saturated rings. The van der Waals surface area contributed by atoms with E-state index in [0.717, 1.165) is 22.7 Å². The third kappa shape index (κ3) is 3.02. The average molecular weight is 271 g/mol. The van der Waals surface area contributed by atoms with Crippen LogP contribution in [0, 0.1) is 0 Å². The van der Waals surface area contributed by atoms with E-state index in [-0.39, 0.29) is 6.04 Å². The summed E-state index contributed by atoms with van der Waals surface area (Å²) in [7, 11) is 5.74. The second-order valence-electron chi connectivity index (χ2n) is 4.90. The highest BCUT2D eigenvalue weighted by molar-refractivity contribution is 5.68. The molecular formula is C16H21N3O. The predicted molar refractivity (Wildman–Crippen MR) is 83.6 cm³/mol. The topological polar surface area (TPSA) is 37.4 Å². The zero-order chi connectivity index (χ0) is 14.5. The average Bonchev–Trinajstić information content (AvgIpc) is 2.47. The monoisotopic (exact) mass is 271 g/mol. The third-order valence-electron chi connectivity index (χ3n) is 3.26. The molecule has 1 aromatic carbocycles. The molecule has 0 aliphatic heterocycles. The van der Waals surface area contributed by atoms with Gasteiger partial charge in [-0.15, -0.1) is 0 Å². The molecule has 0 spiro atoms. The van der Waals surface area contributed by atoms with Gasteiger partial charge in [0, 0.05) is 25.9 Å². The molecule has 1 atom stereocenters. The van der Waals surface area contributed by atoms with E-state index in [0.29, 0.717) is 0 Å². The number of benzene rings is 1. The molecule has 0 saturated heterocycles. The van der Waals surface area contributed by atoms with Crippen LogP contribution in [0.3, 0.4) is 0 Å². The van der Waals surface area contributed by atoms with Crippen molar-refractivity contribution in [3.8, 4) is 5.75 Å². The van der Waals surface area contributed by atoms with Gasteiger partial charge < -0.3 is 15.0 Å². The van der Waals surface area contributed by atoms with E-state index in [4.69, 9.17) is 4.74 Å². The van der Waals surface area contributed by atoms with Crippen molar-refractivity contribution in [1.82, 2.24) is 4.98 Å². The lowest BCUT2D eigenvalue weighted by Crippen LogP contribution is -2.14. The van der Waals surface area contributed by atoms with Crippen molar-refractivity contribution in [2.45, 2.75) is 13.0 Å². The van der Waals surface area contributed by atoms with Gasteiger partial charge in [-0.2, -0.15) is 0 Å². The van der Waals surface area contributed by atoms with Crippen LogP contribution in [0.5, 0.6) is 5.75 Å². The highest BCUT2D eigenvalue weighted by Gasteiger charge is 2.13. The second-order valence-corrected chi connectivity index (χ2v) is 4.90. The van der Waals surface area contributed by atoms with Gasteiger partial charge in [-0.05, 0) is 19.1 Å². The van der Waals surface area contributed by atoms with Gasteiger partial charge in [0.05, 0.1) is 30.7 Å². The summed E-state index contributed by atoms with van der Waals surface area (Å²) in [5.41, 5.74) is 3.25. The molecule has 0 bridgehead atoms. The van der Waals surface area contributed by atoms with Crippen molar-refractivity contribution in [2.24, 2.45) is 0 Å². The van der Waals surface area contributed by atoms with Crippen molar-refractivity contribution in [3.05, 3.63) is 48.3 Å². The highest BCUT2D eigenvalue weighted by atomic mass is 16.5. The van der Waals surface area contributed by atoms with Crippen molar-refractivity contribution >= 4 is 11.4 Å². The van der Waals surface area contributed by atoms with E-state index < -0.39 is 0 Å². The Morgan fingerprint density at radius 2 is 1.95 bits per heavy atom. The van der Waals surface area contributed by atoms with Gasteiger partial charge in [-0.3, -0.25) is 4.98 Å². The maximum absolute atomic E-state index is 5.42. The number of aromatic nitrogens is 1. The van der Waals surface area contributed by atoms with Crippen molar-refractivity contribution in [2.75, 3.05) is 31.4 Å². The van der Waals surface area contributed by atoms with E-state index in [1.807, 2.05) is 44.6 Å². The van der Waals surface area contributed by atoms with E-state index >= 15 is 0 Å². The molecule has 1 heterocycles. The quantitative estimate of drug-likeness (QED) is 0.905. The summed E-state index contributed by atoms with van der Waals surface area (Å²) in [6.07, 6.45) is 3.65. The number of rotatable bonds is 5. The molecule has 2 rings (SSSR count). The molecule has 4 heteroatoms. The molecule has 1 unspecified atom stereocenters. The van der Waals surface area contributed by atoms with Crippen molar-refractivity contribution < 1.29 is 4.74 Å². The zero-order valence-electron chi connectivity index (χ0n) is 12.4. The molecule has 2 aromatic rings. The Morgan fingerprint density at radius 1 is 1.20 bits per heavy atom. The number of ether oxygens (including phenoxy) is 1. The first-order valence-corrected chi connectivity index (χ1v) is 6.64. The lowest BCUT2D eigenvalue weighted by atomic mass is 10.1. The maximum Gasteiger partial charge on any atom is 0.124 e. The molecule has 1 aromatic heterocycles. The van der Waals surface area contributed by atoms with Crippen LogP contribution in [0.25, 0.3) is 0 Å². The first-order chi connectivity index (χ1) is 9.63. The minimum atomic E-state index is 0.133. The number of nitrogens with zero attached hydrogens (tertiary/aromatic N) is 2. The highest BCUT2D eigenvalue weighted by Crippen LogP contribution is 2.30. The molecule has 20 heavy (non-hydrogen) atoms. The second kappa shape index (κ2) is 6.28. The lowest BCUT2D eigenvalue weighted by Gasteiger charge is -2.22. The van der Waals surface area contributed by atoms with Crippen LogP contribution in [-0.2, 0) is 0 Å².